The molecule has 0 radical (unpaired) electrons. The Hall–Kier alpha value is -2.13. The third-order valence-electron chi connectivity index (χ3n) is 4.27. The molecule has 0 bridgehead atoms. The number of imidazole rings is 1. The molecular formula is C15H21N5O3S. The first-order valence-corrected chi connectivity index (χ1v) is 9.37. The van der Waals surface area contributed by atoms with Gasteiger partial charge in [0.2, 0.25) is 0 Å². The highest BCUT2D eigenvalue weighted by Crippen LogP contribution is 2.21. The van der Waals surface area contributed by atoms with Crippen molar-refractivity contribution in [3.8, 4) is 0 Å². The van der Waals surface area contributed by atoms with Gasteiger partial charge in [0.25, 0.3) is 5.91 Å². The number of rotatable bonds is 5. The van der Waals surface area contributed by atoms with Gasteiger partial charge in [0, 0.05) is 32.9 Å². The van der Waals surface area contributed by atoms with E-state index in [0.717, 1.165) is 35.9 Å². The minimum absolute atomic E-state index is 0.194. The molecule has 130 valence electrons. The van der Waals surface area contributed by atoms with Gasteiger partial charge in [-0.15, -0.1) is 0 Å². The molecule has 1 aliphatic heterocycles. The Morgan fingerprint density at radius 3 is 2.71 bits per heavy atom. The Kier molecular flexibility index (Phi) is 4.46. The van der Waals surface area contributed by atoms with Gasteiger partial charge in [0.1, 0.15) is 11.3 Å². The van der Waals surface area contributed by atoms with Crippen LogP contribution in [0.15, 0.2) is 24.5 Å². The van der Waals surface area contributed by atoms with Crippen LogP contribution in [0.2, 0.25) is 0 Å². The molecule has 0 unspecified atom stereocenters. The largest absolute Gasteiger partial charge is 0.370 e. The fraction of sp³-hybridized carbons (Fsp3) is 0.467. The number of amides is 1. The van der Waals surface area contributed by atoms with Gasteiger partial charge in [-0.25, -0.2) is 9.71 Å². The predicted octanol–water partition coefficient (Wildman–Crippen LogP) is 0.861. The smallest absolute Gasteiger partial charge is 0.303 e. The topological polar surface area (TPSA) is 87.0 Å². The Morgan fingerprint density at radius 2 is 2.04 bits per heavy atom. The van der Waals surface area contributed by atoms with E-state index in [-0.39, 0.29) is 12.2 Å². The van der Waals surface area contributed by atoms with Crippen LogP contribution in [-0.2, 0) is 10.2 Å². The molecule has 9 heteroatoms. The second kappa shape index (κ2) is 6.40. The van der Waals surface area contributed by atoms with Crippen LogP contribution < -0.4 is 9.62 Å². The number of carbonyl (C=O) groups is 1. The zero-order valence-electron chi connectivity index (χ0n) is 13.8. The second-order valence-electron chi connectivity index (χ2n) is 5.80. The third-order valence-corrected chi connectivity index (χ3v) is 5.79. The molecule has 2 aromatic rings. The molecule has 2 aromatic heterocycles. The monoisotopic (exact) mass is 351 g/mol. The van der Waals surface area contributed by atoms with Crippen LogP contribution in [0.1, 0.15) is 30.3 Å². The first-order valence-electron chi connectivity index (χ1n) is 7.93. The van der Waals surface area contributed by atoms with E-state index in [1.165, 1.54) is 13.2 Å². The van der Waals surface area contributed by atoms with Crippen molar-refractivity contribution in [2.75, 3.05) is 31.6 Å². The Morgan fingerprint density at radius 1 is 1.33 bits per heavy atom. The van der Waals surface area contributed by atoms with Crippen molar-refractivity contribution in [2.24, 2.45) is 0 Å². The van der Waals surface area contributed by atoms with Gasteiger partial charge in [-0.3, -0.25) is 9.20 Å². The summed E-state index contributed by atoms with van der Waals surface area (Å²) in [7, 11) is -2.44. The van der Waals surface area contributed by atoms with Crippen LogP contribution in [0.5, 0.6) is 0 Å². The molecule has 8 nitrogen and oxygen atoms in total. The van der Waals surface area contributed by atoms with Crippen molar-refractivity contribution in [2.45, 2.75) is 19.8 Å². The number of hydrogen-bond acceptors (Lipinski definition) is 5. The molecule has 24 heavy (non-hydrogen) atoms. The second-order valence-corrected chi connectivity index (χ2v) is 7.58. The van der Waals surface area contributed by atoms with Gasteiger partial charge >= 0.3 is 10.2 Å². The van der Waals surface area contributed by atoms with E-state index >= 15 is 0 Å². The van der Waals surface area contributed by atoms with Gasteiger partial charge in [-0.2, -0.15) is 12.7 Å². The van der Waals surface area contributed by atoms with Crippen molar-refractivity contribution in [1.82, 2.24) is 18.4 Å². The molecule has 3 heterocycles. The van der Waals surface area contributed by atoms with Gasteiger partial charge in [-0.05, 0) is 25.0 Å². The lowest BCUT2D eigenvalue weighted by molar-refractivity contribution is 0.0974. The zero-order valence-corrected chi connectivity index (χ0v) is 14.6. The maximum absolute atomic E-state index is 12.4. The number of nitrogens with one attached hydrogen (secondary N) is 1. The highest BCUT2D eigenvalue weighted by Gasteiger charge is 2.22. The number of carbonyl (C=O) groups excluding carboxylic acids is 1. The minimum Gasteiger partial charge on any atom is -0.370 e. The lowest BCUT2D eigenvalue weighted by Gasteiger charge is -2.18. The first-order chi connectivity index (χ1) is 11.4. The van der Waals surface area contributed by atoms with E-state index < -0.39 is 16.1 Å². The SMILES string of the molecule is CCN(C)S(=O)(=O)NC(=O)c1cnc2ccc(N3CCCC3)cn12. The number of aromatic nitrogens is 2. The van der Waals surface area contributed by atoms with Crippen molar-refractivity contribution < 1.29 is 13.2 Å². The fourth-order valence-electron chi connectivity index (χ4n) is 2.72. The van der Waals surface area contributed by atoms with Crippen LogP contribution in [-0.4, -0.2) is 54.7 Å². The molecule has 1 N–H and O–H groups in total. The summed E-state index contributed by atoms with van der Waals surface area (Å²) < 4.78 is 28.8. The highest BCUT2D eigenvalue weighted by molar-refractivity contribution is 7.87. The maximum Gasteiger partial charge on any atom is 0.303 e. The molecule has 0 saturated carbocycles. The van der Waals surface area contributed by atoms with Crippen LogP contribution in [0.4, 0.5) is 5.69 Å². The number of fused-ring (bicyclic) bond motifs is 1. The summed E-state index contributed by atoms with van der Waals surface area (Å²) in [6, 6.07) is 3.80. The van der Waals surface area contributed by atoms with E-state index in [1.807, 2.05) is 18.3 Å². The molecule has 0 aliphatic carbocycles. The van der Waals surface area contributed by atoms with Gasteiger partial charge in [0.05, 0.1) is 11.9 Å². The lowest BCUT2D eigenvalue weighted by atomic mass is 10.3. The summed E-state index contributed by atoms with van der Waals surface area (Å²) in [5.74, 6) is -0.693. The molecule has 1 amide bonds. The van der Waals surface area contributed by atoms with E-state index in [1.54, 1.807) is 11.3 Å². The van der Waals surface area contributed by atoms with Crippen molar-refractivity contribution >= 4 is 27.5 Å². The Bertz CT molecular complexity index is 855. The lowest BCUT2D eigenvalue weighted by Crippen LogP contribution is -2.41. The minimum atomic E-state index is -3.85. The number of pyridine rings is 1. The summed E-state index contributed by atoms with van der Waals surface area (Å²) >= 11 is 0. The first kappa shape index (κ1) is 16.7. The summed E-state index contributed by atoms with van der Waals surface area (Å²) in [6.45, 7) is 3.93. The number of hydrogen-bond donors (Lipinski definition) is 1. The molecule has 3 rings (SSSR count). The molecule has 0 atom stereocenters. The van der Waals surface area contributed by atoms with Gasteiger partial charge in [-0.1, -0.05) is 6.92 Å². The van der Waals surface area contributed by atoms with E-state index in [9.17, 15) is 13.2 Å². The fourth-order valence-corrected chi connectivity index (χ4v) is 3.55. The van der Waals surface area contributed by atoms with Crippen LogP contribution in [0.25, 0.3) is 5.65 Å². The van der Waals surface area contributed by atoms with Crippen LogP contribution in [0, 0.1) is 0 Å². The van der Waals surface area contributed by atoms with Crippen molar-refractivity contribution in [3.63, 3.8) is 0 Å². The Balaban J connectivity index is 1.91. The standard InChI is InChI=1S/C15H21N5O3S/c1-3-18(2)24(22,23)17-15(21)13-10-16-14-7-6-12(11-20(13)14)19-8-4-5-9-19/h6-7,10-11H,3-5,8-9H2,1-2H3,(H,17,21). The normalized spacial score (nSPS) is 15.4. The van der Waals surface area contributed by atoms with Crippen molar-refractivity contribution in [1.29, 1.82) is 0 Å². The summed E-state index contributed by atoms with van der Waals surface area (Å²) in [6.07, 6.45) is 5.52. The molecular weight excluding hydrogens is 330 g/mol. The Labute approximate surface area is 141 Å². The molecule has 0 aromatic carbocycles. The van der Waals surface area contributed by atoms with Crippen LogP contribution >= 0.6 is 0 Å². The maximum atomic E-state index is 12.4. The number of anilines is 1. The van der Waals surface area contributed by atoms with Gasteiger partial charge in [0.15, 0.2) is 0 Å². The number of nitrogens with zero attached hydrogens (tertiary/aromatic N) is 4. The van der Waals surface area contributed by atoms with E-state index in [4.69, 9.17) is 0 Å². The average Bonchev–Trinajstić information content (AvgIpc) is 3.22. The molecule has 1 saturated heterocycles. The zero-order chi connectivity index (χ0) is 17.3. The van der Waals surface area contributed by atoms with Gasteiger partial charge < -0.3 is 4.90 Å². The molecule has 0 spiro atoms. The predicted molar refractivity (Wildman–Crippen MR) is 91.3 cm³/mol. The average molecular weight is 351 g/mol. The summed E-state index contributed by atoms with van der Waals surface area (Å²) in [5.41, 5.74) is 1.80. The molecule has 1 fully saturated rings. The summed E-state index contributed by atoms with van der Waals surface area (Å²) in [4.78, 5) is 18.8. The van der Waals surface area contributed by atoms with Crippen molar-refractivity contribution in [3.05, 3.63) is 30.2 Å². The summed E-state index contributed by atoms with van der Waals surface area (Å²) in [5, 5.41) is 0. The molecule has 1 aliphatic rings. The van der Waals surface area contributed by atoms with Crippen LogP contribution in [0.3, 0.4) is 0 Å². The highest BCUT2D eigenvalue weighted by atomic mass is 32.2. The third kappa shape index (κ3) is 3.09. The quantitative estimate of drug-likeness (QED) is 0.863. The van der Waals surface area contributed by atoms with E-state index in [0.29, 0.717) is 5.65 Å². The van der Waals surface area contributed by atoms with E-state index in [2.05, 4.69) is 14.6 Å².